The van der Waals surface area contributed by atoms with E-state index >= 15 is 0 Å². The van der Waals surface area contributed by atoms with Crippen LogP contribution in [-0.4, -0.2) is 11.0 Å². The third-order valence-electron chi connectivity index (χ3n) is 2.63. The highest BCUT2D eigenvalue weighted by Gasteiger charge is 2.06. The van der Waals surface area contributed by atoms with Gasteiger partial charge in [-0.15, -0.1) is 11.3 Å². The summed E-state index contributed by atoms with van der Waals surface area (Å²) in [5, 5.41) is 5.49. The van der Waals surface area contributed by atoms with Crippen LogP contribution in [0.4, 0.5) is 11.5 Å². The summed E-state index contributed by atoms with van der Waals surface area (Å²) in [5.41, 5.74) is 7.54. The van der Waals surface area contributed by atoms with E-state index in [9.17, 15) is 0 Å². The molecule has 0 aromatic carbocycles. The lowest BCUT2D eigenvalue weighted by Gasteiger charge is -2.14. The molecule has 17 heavy (non-hydrogen) atoms. The Kier molecular flexibility index (Phi) is 3.64. The third-order valence-corrected chi connectivity index (χ3v) is 3.53. The number of nitrogen functional groups attached to an aromatic ring is 1. The van der Waals surface area contributed by atoms with Crippen molar-refractivity contribution in [1.82, 2.24) is 4.98 Å². The highest BCUT2D eigenvalue weighted by Crippen LogP contribution is 2.16. The second-order valence-electron chi connectivity index (χ2n) is 4.26. The van der Waals surface area contributed by atoms with Crippen LogP contribution in [0.15, 0.2) is 29.8 Å². The highest BCUT2D eigenvalue weighted by molar-refractivity contribution is 7.09. The SMILES string of the molecule is Cc1cc(NC(C)Cc2cccs2)ncc1N. The van der Waals surface area contributed by atoms with Gasteiger partial charge >= 0.3 is 0 Å². The fourth-order valence-corrected chi connectivity index (χ4v) is 2.51. The first-order valence-electron chi connectivity index (χ1n) is 5.66. The molecule has 90 valence electrons. The molecule has 0 aliphatic heterocycles. The zero-order valence-corrected chi connectivity index (χ0v) is 10.9. The maximum atomic E-state index is 5.74. The van der Waals surface area contributed by atoms with Gasteiger partial charge in [0.2, 0.25) is 0 Å². The summed E-state index contributed by atoms with van der Waals surface area (Å²) in [4.78, 5) is 5.66. The van der Waals surface area contributed by atoms with Crippen LogP contribution in [0.5, 0.6) is 0 Å². The molecule has 0 spiro atoms. The molecule has 2 aromatic rings. The number of nitrogens with zero attached hydrogens (tertiary/aromatic N) is 1. The van der Waals surface area contributed by atoms with Gasteiger partial charge in [0.25, 0.3) is 0 Å². The van der Waals surface area contributed by atoms with Gasteiger partial charge in [0.15, 0.2) is 0 Å². The molecule has 0 amide bonds. The molecule has 3 N–H and O–H groups in total. The summed E-state index contributed by atoms with van der Waals surface area (Å²) < 4.78 is 0. The number of nitrogens with two attached hydrogens (primary N) is 1. The van der Waals surface area contributed by atoms with Crippen LogP contribution in [0.1, 0.15) is 17.4 Å². The van der Waals surface area contributed by atoms with E-state index in [4.69, 9.17) is 5.73 Å². The number of anilines is 2. The van der Waals surface area contributed by atoms with E-state index < -0.39 is 0 Å². The highest BCUT2D eigenvalue weighted by atomic mass is 32.1. The predicted octanol–water partition coefficient (Wildman–Crippen LogP) is 3.08. The number of thiophene rings is 1. The van der Waals surface area contributed by atoms with Gasteiger partial charge in [0.05, 0.1) is 11.9 Å². The van der Waals surface area contributed by atoms with Crippen LogP contribution >= 0.6 is 11.3 Å². The lowest BCUT2D eigenvalue weighted by Crippen LogP contribution is -2.18. The minimum Gasteiger partial charge on any atom is -0.397 e. The molecule has 2 rings (SSSR count). The van der Waals surface area contributed by atoms with Crippen LogP contribution in [-0.2, 0) is 6.42 Å². The van der Waals surface area contributed by atoms with Crippen LogP contribution < -0.4 is 11.1 Å². The summed E-state index contributed by atoms with van der Waals surface area (Å²) in [6.45, 7) is 4.15. The molecule has 0 bridgehead atoms. The Morgan fingerprint density at radius 1 is 1.53 bits per heavy atom. The van der Waals surface area contributed by atoms with Crippen molar-refractivity contribution in [1.29, 1.82) is 0 Å². The maximum Gasteiger partial charge on any atom is 0.126 e. The second-order valence-corrected chi connectivity index (χ2v) is 5.29. The molecule has 0 aliphatic carbocycles. The molecule has 0 aliphatic rings. The van der Waals surface area contributed by atoms with Crippen molar-refractivity contribution in [2.75, 3.05) is 11.1 Å². The lowest BCUT2D eigenvalue weighted by atomic mass is 10.2. The Hall–Kier alpha value is -1.55. The summed E-state index contributed by atoms with van der Waals surface area (Å²) >= 11 is 1.79. The van der Waals surface area contributed by atoms with Gasteiger partial charge < -0.3 is 11.1 Å². The van der Waals surface area contributed by atoms with E-state index in [2.05, 4.69) is 34.7 Å². The largest absolute Gasteiger partial charge is 0.397 e. The molecule has 2 heterocycles. The normalized spacial score (nSPS) is 12.4. The molecule has 1 unspecified atom stereocenters. The Bertz CT molecular complexity index is 479. The Morgan fingerprint density at radius 3 is 3.00 bits per heavy atom. The smallest absolute Gasteiger partial charge is 0.126 e. The minimum absolute atomic E-state index is 0.365. The number of hydrogen-bond donors (Lipinski definition) is 2. The van der Waals surface area contributed by atoms with E-state index in [1.54, 1.807) is 17.5 Å². The van der Waals surface area contributed by atoms with Gasteiger partial charge in [0.1, 0.15) is 5.82 Å². The van der Waals surface area contributed by atoms with E-state index in [0.29, 0.717) is 6.04 Å². The van der Waals surface area contributed by atoms with Gasteiger partial charge in [-0.3, -0.25) is 0 Å². The number of pyridine rings is 1. The van der Waals surface area contributed by atoms with Crippen molar-refractivity contribution in [3.63, 3.8) is 0 Å². The van der Waals surface area contributed by atoms with Gasteiger partial charge in [-0.25, -0.2) is 4.98 Å². The number of nitrogens with one attached hydrogen (secondary N) is 1. The van der Waals surface area contributed by atoms with E-state index in [1.165, 1.54) is 4.88 Å². The molecule has 0 saturated heterocycles. The van der Waals surface area contributed by atoms with Crippen LogP contribution in [0.3, 0.4) is 0 Å². The van der Waals surface area contributed by atoms with E-state index in [-0.39, 0.29) is 0 Å². The van der Waals surface area contributed by atoms with Gasteiger partial charge in [0, 0.05) is 17.3 Å². The maximum absolute atomic E-state index is 5.74. The molecule has 2 aromatic heterocycles. The van der Waals surface area contributed by atoms with Gasteiger partial charge in [-0.05, 0) is 36.9 Å². The lowest BCUT2D eigenvalue weighted by molar-refractivity contribution is 0.794. The second kappa shape index (κ2) is 5.19. The number of hydrogen-bond acceptors (Lipinski definition) is 4. The fourth-order valence-electron chi connectivity index (χ4n) is 1.68. The van der Waals surface area contributed by atoms with Crippen molar-refractivity contribution in [3.8, 4) is 0 Å². The molecule has 0 fully saturated rings. The van der Waals surface area contributed by atoms with Crippen molar-refractivity contribution < 1.29 is 0 Å². The van der Waals surface area contributed by atoms with Crippen LogP contribution in [0, 0.1) is 6.92 Å². The first-order valence-corrected chi connectivity index (χ1v) is 6.54. The monoisotopic (exact) mass is 247 g/mol. The molecule has 3 nitrogen and oxygen atoms in total. The zero-order valence-electron chi connectivity index (χ0n) is 10.1. The summed E-state index contributed by atoms with van der Waals surface area (Å²) in [5.74, 6) is 0.890. The topological polar surface area (TPSA) is 50.9 Å². The van der Waals surface area contributed by atoms with Crippen LogP contribution in [0.25, 0.3) is 0 Å². The summed E-state index contributed by atoms with van der Waals surface area (Å²) in [6, 6.07) is 6.59. The zero-order chi connectivity index (χ0) is 12.3. The van der Waals surface area contributed by atoms with Crippen LogP contribution in [0.2, 0.25) is 0 Å². The fraction of sp³-hybridized carbons (Fsp3) is 0.308. The quantitative estimate of drug-likeness (QED) is 0.873. The Labute approximate surface area is 106 Å². The first kappa shape index (κ1) is 11.9. The standard InChI is InChI=1S/C13H17N3S/c1-9-6-13(15-8-12(9)14)16-10(2)7-11-4-3-5-17-11/h3-6,8,10H,7,14H2,1-2H3,(H,15,16). The van der Waals surface area contributed by atoms with E-state index in [1.807, 2.05) is 13.0 Å². The van der Waals surface area contributed by atoms with Crippen molar-refractivity contribution in [2.45, 2.75) is 26.3 Å². The van der Waals surface area contributed by atoms with E-state index in [0.717, 1.165) is 23.5 Å². The average Bonchev–Trinajstić information content (AvgIpc) is 2.76. The molecular weight excluding hydrogens is 230 g/mol. The van der Waals surface area contributed by atoms with Crippen molar-refractivity contribution in [3.05, 3.63) is 40.2 Å². The van der Waals surface area contributed by atoms with Gasteiger partial charge in [-0.1, -0.05) is 6.07 Å². The summed E-state index contributed by atoms with van der Waals surface area (Å²) in [6.07, 6.45) is 2.72. The summed E-state index contributed by atoms with van der Waals surface area (Å²) in [7, 11) is 0. The Balaban J connectivity index is 1.98. The molecule has 0 radical (unpaired) electrons. The average molecular weight is 247 g/mol. The predicted molar refractivity (Wildman–Crippen MR) is 74.5 cm³/mol. The molecular formula is C13H17N3S. The minimum atomic E-state index is 0.365. The third kappa shape index (κ3) is 3.20. The molecule has 1 atom stereocenters. The number of aromatic nitrogens is 1. The molecule has 0 saturated carbocycles. The number of rotatable bonds is 4. The number of aryl methyl sites for hydroxylation is 1. The first-order chi connectivity index (χ1) is 8.15. The van der Waals surface area contributed by atoms with Crippen molar-refractivity contribution >= 4 is 22.8 Å². The molecule has 4 heteroatoms. The van der Waals surface area contributed by atoms with Crippen molar-refractivity contribution in [2.24, 2.45) is 0 Å². The Morgan fingerprint density at radius 2 is 2.35 bits per heavy atom. The van der Waals surface area contributed by atoms with Gasteiger partial charge in [-0.2, -0.15) is 0 Å².